The average Bonchev–Trinajstić information content (AvgIpc) is 2.04. The van der Waals surface area contributed by atoms with Gasteiger partial charge in [0.05, 0.1) is 5.54 Å². The molecular weight excluding hydrogens is 170 g/mol. The lowest BCUT2D eigenvalue weighted by molar-refractivity contribution is -0.112. The summed E-state index contributed by atoms with van der Waals surface area (Å²) in [5.41, 5.74) is -0.916. The van der Waals surface area contributed by atoms with E-state index in [1.807, 2.05) is 0 Å². The van der Waals surface area contributed by atoms with Gasteiger partial charge in [0.25, 0.3) is 0 Å². The highest BCUT2D eigenvalue weighted by Gasteiger charge is 2.24. The zero-order valence-corrected chi connectivity index (χ0v) is 8.17. The van der Waals surface area contributed by atoms with Crippen LogP contribution in [-0.4, -0.2) is 23.0 Å². The molecule has 0 fully saturated rings. The number of nitrogens with one attached hydrogen (secondary N) is 1. The topological polar surface area (TPSA) is 66.4 Å². The van der Waals surface area contributed by atoms with E-state index in [-0.39, 0.29) is 0 Å². The van der Waals surface area contributed by atoms with E-state index in [1.54, 1.807) is 6.92 Å². The third-order valence-electron chi connectivity index (χ3n) is 1.95. The van der Waals surface area contributed by atoms with Crippen LogP contribution in [0.1, 0.15) is 39.5 Å². The SMILES string of the molecule is CCCCC[C@](C)(C=O)NC(=O)O. The van der Waals surface area contributed by atoms with Gasteiger partial charge in [0.1, 0.15) is 6.29 Å². The third kappa shape index (κ3) is 5.22. The van der Waals surface area contributed by atoms with Crippen LogP contribution in [0.25, 0.3) is 0 Å². The quantitative estimate of drug-likeness (QED) is 0.492. The second-order valence-electron chi connectivity index (χ2n) is 3.42. The fraction of sp³-hybridized carbons (Fsp3) is 0.778. The molecule has 13 heavy (non-hydrogen) atoms. The van der Waals surface area contributed by atoms with Crippen LogP contribution in [0.15, 0.2) is 0 Å². The van der Waals surface area contributed by atoms with Gasteiger partial charge in [-0.1, -0.05) is 26.2 Å². The molecule has 0 unspecified atom stereocenters. The molecule has 1 atom stereocenters. The van der Waals surface area contributed by atoms with Crippen molar-refractivity contribution in [3.63, 3.8) is 0 Å². The van der Waals surface area contributed by atoms with Crippen LogP contribution in [0.2, 0.25) is 0 Å². The van der Waals surface area contributed by atoms with Crippen molar-refractivity contribution in [3.05, 3.63) is 0 Å². The molecule has 0 aromatic carbocycles. The van der Waals surface area contributed by atoms with Crippen LogP contribution in [0.5, 0.6) is 0 Å². The summed E-state index contributed by atoms with van der Waals surface area (Å²) in [6.07, 6.45) is 3.03. The highest BCUT2D eigenvalue weighted by atomic mass is 16.4. The van der Waals surface area contributed by atoms with Crippen LogP contribution in [0, 0.1) is 0 Å². The number of carbonyl (C=O) groups excluding carboxylic acids is 1. The zero-order valence-electron chi connectivity index (χ0n) is 8.17. The minimum atomic E-state index is -1.15. The fourth-order valence-electron chi connectivity index (χ4n) is 1.14. The predicted molar refractivity (Wildman–Crippen MR) is 49.8 cm³/mol. The number of carboxylic acid groups (broad SMARTS) is 1. The van der Waals surface area contributed by atoms with E-state index in [1.165, 1.54) is 0 Å². The highest BCUT2D eigenvalue weighted by molar-refractivity contribution is 5.74. The Morgan fingerprint density at radius 1 is 1.54 bits per heavy atom. The van der Waals surface area contributed by atoms with Gasteiger partial charge < -0.3 is 15.2 Å². The van der Waals surface area contributed by atoms with Gasteiger partial charge in [0, 0.05) is 0 Å². The molecule has 0 bridgehead atoms. The van der Waals surface area contributed by atoms with E-state index in [0.29, 0.717) is 12.7 Å². The summed E-state index contributed by atoms with van der Waals surface area (Å²) in [5, 5.41) is 10.7. The molecule has 0 aromatic heterocycles. The van der Waals surface area contributed by atoms with Gasteiger partial charge >= 0.3 is 6.09 Å². The van der Waals surface area contributed by atoms with Gasteiger partial charge in [0.15, 0.2) is 0 Å². The Kier molecular flexibility index (Phi) is 5.11. The van der Waals surface area contributed by atoms with Gasteiger partial charge in [0.2, 0.25) is 0 Å². The number of unbranched alkanes of at least 4 members (excludes halogenated alkanes) is 2. The molecule has 0 spiro atoms. The van der Waals surface area contributed by atoms with Crippen molar-refractivity contribution in [2.24, 2.45) is 0 Å². The lowest BCUT2D eigenvalue weighted by Gasteiger charge is -2.22. The van der Waals surface area contributed by atoms with Gasteiger partial charge in [-0.2, -0.15) is 0 Å². The van der Waals surface area contributed by atoms with E-state index in [2.05, 4.69) is 12.2 Å². The normalized spacial score (nSPS) is 14.6. The standard InChI is InChI=1S/C9H17NO3/c1-3-4-5-6-9(2,7-11)10-8(12)13/h7,10H,3-6H2,1-2H3,(H,12,13)/t9-/m1/s1. The predicted octanol–water partition coefficient (Wildman–Crippen LogP) is 1.79. The van der Waals surface area contributed by atoms with Crippen molar-refractivity contribution in [2.45, 2.75) is 45.1 Å². The third-order valence-corrected chi connectivity index (χ3v) is 1.95. The molecule has 0 aliphatic heterocycles. The van der Waals surface area contributed by atoms with Crippen LogP contribution in [0.4, 0.5) is 4.79 Å². The number of amides is 1. The summed E-state index contributed by atoms with van der Waals surface area (Å²) >= 11 is 0. The zero-order chi connectivity index (χ0) is 10.3. The smallest absolute Gasteiger partial charge is 0.405 e. The maximum atomic E-state index is 10.6. The Morgan fingerprint density at radius 3 is 2.54 bits per heavy atom. The van der Waals surface area contributed by atoms with E-state index >= 15 is 0 Å². The lowest BCUT2D eigenvalue weighted by atomic mass is 9.96. The summed E-state index contributed by atoms with van der Waals surface area (Å²) in [4.78, 5) is 21.0. The van der Waals surface area contributed by atoms with Crippen molar-refractivity contribution < 1.29 is 14.7 Å². The van der Waals surface area contributed by atoms with E-state index < -0.39 is 11.6 Å². The summed E-state index contributed by atoms with van der Waals surface area (Å²) in [6, 6.07) is 0. The van der Waals surface area contributed by atoms with Crippen molar-refractivity contribution in [3.8, 4) is 0 Å². The first-order valence-corrected chi connectivity index (χ1v) is 4.51. The van der Waals surface area contributed by atoms with E-state index in [0.717, 1.165) is 19.3 Å². The van der Waals surface area contributed by atoms with E-state index in [9.17, 15) is 9.59 Å². The maximum absolute atomic E-state index is 10.6. The summed E-state index contributed by atoms with van der Waals surface area (Å²) in [5.74, 6) is 0. The number of hydrogen-bond acceptors (Lipinski definition) is 2. The number of hydrogen-bond donors (Lipinski definition) is 2. The van der Waals surface area contributed by atoms with Crippen LogP contribution in [-0.2, 0) is 4.79 Å². The van der Waals surface area contributed by atoms with Crippen molar-refractivity contribution in [2.75, 3.05) is 0 Å². The van der Waals surface area contributed by atoms with Crippen LogP contribution < -0.4 is 5.32 Å². The molecule has 4 heteroatoms. The van der Waals surface area contributed by atoms with Crippen molar-refractivity contribution in [1.29, 1.82) is 0 Å². The summed E-state index contributed by atoms with van der Waals surface area (Å²) < 4.78 is 0. The summed E-state index contributed by atoms with van der Waals surface area (Å²) in [6.45, 7) is 3.66. The first kappa shape index (κ1) is 11.9. The fourth-order valence-corrected chi connectivity index (χ4v) is 1.14. The molecule has 1 amide bonds. The first-order valence-electron chi connectivity index (χ1n) is 4.51. The summed E-state index contributed by atoms with van der Waals surface area (Å²) in [7, 11) is 0. The molecule has 0 saturated carbocycles. The van der Waals surface area contributed by atoms with Crippen LogP contribution in [0.3, 0.4) is 0 Å². The molecule has 76 valence electrons. The first-order chi connectivity index (χ1) is 6.04. The van der Waals surface area contributed by atoms with Crippen molar-refractivity contribution in [1.82, 2.24) is 5.32 Å². The molecule has 4 nitrogen and oxygen atoms in total. The minimum absolute atomic E-state index is 0.566. The molecule has 0 aliphatic rings. The average molecular weight is 187 g/mol. The largest absolute Gasteiger partial charge is 0.465 e. The number of rotatable bonds is 6. The van der Waals surface area contributed by atoms with Gasteiger partial charge in [-0.3, -0.25) is 0 Å². The van der Waals surface area contributed by atoms with Crippen LogP contribution >= 0.6 is 0 Å². The molecule has 0 heterocycles. The Balaban J connectivity index is 3.96. The van der Waals surface area contributed by atoms with E-state index in [4.69, 9.17) is 5.11 Å². The number of carbonyl (C=O) groups is 2. The van der Waals surface area contributed by atoms with Gasteiger partial charge in [-0.15, -0.1) is 0 Å². The maximum Gasteiger partial charge on any atom is 0.405 e. The molecule has 0 aliphatic carbocycles. The van der Waals surface area contributed by atoms with Gasteiger partial charge in [-0.05, 0) is 13.3 Å². The van der Waals surface area contributed by atoms with Gasteiger partial charge in [-0.25, -0.2) is 4.79 Å². The Hall–Kier alpha value is -1.06. The second-order valence-corrected chi connectivity index (χ2v) is 3.42. The number of aldehydes is 1. The monoisotopic (exact) mass is 187 g/mol. The highest BCUT2D eigenvalue weighted by Crippen LogP contribution is 2.12. The Bertz CT molecular complexity index is 182. The Morgan fingerprint density at radius 2 is 2.15 bits per heavy atom. The molecule has 0 saturated heterocycles. The molecule has 0 radical (unpaired) electrons. The lowest BCUT2D eigenvalue weighted by Crippen LogP contribution is -2.46. The molecule has 2 N–H and O–H groups in total. The minimum Gasteiger partial charge on any atom is -0.465 e. The molecule has 0 aromatic rings. The second kappa shape index (κ2) is 5.56. The molecular formula is C9H17NO3. The molecule has 0 rings (SSSR count). The van der Waals surface area contributed by atoms with Crippen molar-refractivity contribution >= 4 is 12.4 Å². The Labute approximate surface area is 78.3 Å².